The highest BCUT2D eigenvalue weighted by Crippen LogP contribution is 2.32. The molecule has 0 amide bonds. The van der Waals surface area contributed by atoms with Crippen LogP contribution < -0.4 is 5.56 Å². The van der Waals surface area contributed by atoms with E-state index in [1.807, 2.05) is 38.5 Å². The van der Waals surface area contributed by atoms with E-state index in [2.05, 4.69) is 12.1 Å². The Kier molecular flexibility index (Phi) is 3.44. The molecule has 1 aliphatic rings. The second kappa shape index (κ2) is 5.43. The fourth-order valence-electron chi connectivity index (χ4n) is 3.42. The Bertz CT molecular complexity index is 1170. The van der Waals surface area contributed by atoms with Crippen LogP contribution in [0.5, 0.6) is 0 Å². The summed E-state index contributed by atoms with van der Waals surface area (Å²) in [5.41, 5.74) is 4.84. The van der Waals surface area contributed by atoms with Gasteiger partial charge in [-0.05, 0) is 56.0 Å². The summed E-state index contributed by atoms with van der Waals surface area (Å²) < 4.78 is 3.67. The molecule has 0 saturated carbocycles. The van der Waals surface area contributed by atoms with Crippen LogP contribution in [-0.2, 0) is 13.6 Å². The third kappa shape index (κ3) is 2.19. The molecule has 1 aliphatic heterocycles. The summed E-state index contributed by atoms with van der Waals surface area (Å²) in [6.45, 7) is 6.68. The fourth-order valence-corrected chi connectivity index (χ4v) is 4.44. The van der Waals surface area contributed by atoms with Gasteiger partial charge in [0.2, 0.25) is 0 Å². The summed E-state index contributed by atoms with van der Waals surface area (Å²) >= 11 is 1.58. The summed E-state index contributed by atoms with van der Waals surface area (Å²) in [5, 5.41) is 9.97. The monoisotopic (exact) mass is 350 g/mol. The second-order valence-corrected chi connectivity index (χ2v) is 7.72. The lowest BCUT2D eigenvalue weighted by atomic mass is 10.1. The minimum absolute atomic E-state index is 0.0627. The molecular formula is C19H18N4OS. The van der Waals surface area contributed by atoms with Crippen molar-refractivity contribution in [3.05, 3.63) is 49.6 Å². The number of aryl methyl sites for hydroxylation is 2. The van der Waals surface area contributed by atoms with Gasteiger partial charge < -0.3 is 4.57 Å². The van der Waals surface area contributed by atoms with Crippen LogP contribution in [-0.4, -0.2) is 14.1 Å². The number of fused-ring (bicyclic) bond motifs is 2. The summed E-state index contributed by atoms with van der Waals surface area (Å²) in [6.07, 6.45) is 2.86. The summed E-state index contributed by atoms with van der Waals surface area (Å²) in [7, 11) is 1.89. The standard InChI is InChI=1S/C19H18N4OS/c1-10-12(3)25-18-16(10)19(24)23-6-5-13(17(23)21-18)7-14-8-15(9-20)22(4)11(14)2/h7-8H,5-6H2,1-4H3/b13-7-. The molecule has 0 saturated heterocycles. The van der Waals surface area contributed by atoms with Crippen molar-refractivity contribution >= 4 is 33.2 Å². The number of hydrogen-bond acceptors (Lipinski definition) is 4. The van der Waals surface area contributed by atoms with E-state index in [0.717, 1.165) is 49.7 Å². The number of nitrogens with zero attached hydrogens (tertiary/aromatic N) is 4. The minimum Gasteiger partial charge on any atom is -0.339 e. The Balaban J connectivity index is 1.92. The molecule has 0 atom stereocenters. The number of nitriles is 1. The molecule has 0 fully saturated rings. The highest BCUT2D eigenvalue weighted by Gasteiger charge is 2.23. The van der Waals surface area contributed by atoms with Crippen LogP contribution in [0.25, 0.3) is 21.9 Å². The molecule has 4 rings (SSSR count). The van der Waals surface area contributed by atoms with Crippen molar-refractivity contribution in [1.29, 1.82) is 5.26 Å². The first-order chi connectivity index (χ1) is 11.9. The van der Waals surface area contributed by atoms with Gasteiger partial charge in [0.1, 0.15) is 22.4 Å². The minimum atomic E-state index is 0.0627. The van der Waals surface area contributed by atoms with E-state index in [1.165, 1.54) is 0 Å². The average Bonchev–Trinajstić information content (AvgIpc) is 3.20. The Morgan fingerprint density at radius 1 is 1.36 bits per heavy atom. The highest BCUT2D eigenvalue weighted by atomic mass is 32.1. The lowest BCUT2D eigenvalue weighted by molar-refractivity contribution is 0.726. The Labute approximate surface area is 149 Å². The number of allylic oxidation sites excluding steroid dienone is 1. The zero-order valence-electron chi connectivity index (χ0n) is 14.7. The normalized spacial score (nSPS) is 15.1. The molecule has 0 N–H and O–H groups in total. The fraction of sp³-hybridized carbons (Fsp3) is 0.316. The molecule has 0 aliphatic carbocycles. The van der Waals surface area contributed by atoms with E-state index in [4.69, 9.17) is 4.98 Å². The van der Waals surface area contributed by atoms with Crippen molar-refractivity contribution in [2.24, 2.45) is 7.05 Å². The van der Waals surface area contributed by atoms with Crippen LogP contribution in [0.3, 0.4) is 0 Å². The Hall–Kier alpha value is -2.65. The van der Waals surface area contributed by atoms with Crippen molar-refractivity contribution in [3.63, 3.8) is 0 Å². The predicted octanol–water partition coefficient (Wildman–Crippen LogP) is 3.54. The van der Waals surface area contributed by atoms with E-state index in [0.29, 0.717) is 12.2 Å². The zero-order chi connectivity index (χ0) is 17.9. The summed E-state index contributed by atoms with van der Waals surface area (Å²) in [4.78, 5) is 19.6. The molecule has 0 bridgehead atoms. The summed E-state index contributed by atoms with van der Waals surface area (Å²) in [6, 6.07) is 4.10. The van der Waals surface area contributed by atoms with Crippen molar-refractivity contribution < 1.29 is 0 Å². The van der Waals surface area contributed by atoms with Gasteiger partial charge in [-0.1, -0.05) is 0 Å². The molecular weight excluding hydrogens is 332 g/mol. The van der Waals surface area contributed by atoms with E-state index in [1.54, 1.807) is 15.9 Å². The van der Waals surface area contributed by atoms with Crippen molar-refractivity contribution in [2.75, 3.05) is 0 Å². The highest BCUT2D eigenvalue weighted by molar-refractivity contribution is 7.18. The molecule has 126 valence electrons. The van der Waals surface area contributed by atoms with Gasteiger partial charge >= 0.3 is 0 Å². The first kappa shape index (κ1) is 15.9. The maximum atomic E-state index is 12.9. The van der Waals surface area contributed by atoms with Gasteiger partial charge in [0.25, 0.3) is 5.56 Å². The SMILES string of the molecule is Cc1sc2nc3n(c(=O)c2c1C)CC/C3=C/c1cc(C#N)n(C)c1C. The van der Waals surface area contributed by atoms with Gasteiger partial charge in [-0.2, -0.15) is 5.26 Å². The number of rotatable bonds is 1. The molecule has 0 radical (unpaired) electrons. The third-order valence-electron chi connectivity index (χ3n) is 5.20. The second-order valence-electron chi connectivity index (χ2n) is 6.52. The van der Waals surface area contributed by atoms with Crippen LogP contribution in [0.2, 0.25) is 0 Å². The molecule has 5 nitrogen and oxygen atoms in total. The smallest absolute Gasteiger partial charge is 0.262 e. The number of aromatic nitrogens is 3. The number of hydrogen-bond donors (Lipinski definition) is 0. The molecule has 25 heavy (non-hydrogen) atoms. The van der Waals surface area contributed by atoms with Gasteiger partial charge in [0.05, 0.1) is 5.39 Å². The van der Waals surface area contributed by atoms with Crippen molar-refractivity contribution in [1.82, 2.24) is 14.1 Å². The van der Waals surface area contributed by atoms with Crippen LogP contribution in [0.1, 0.15) is 39.6 Å². The molecule has 0 aromatic carbocycles. The Morgan fingerprint density at radius 2 is 2.12 bits per heavy atom. The molecule has 0 spiro atoms. The van der Waals surface area contributed by atoms with E-state index in [-0.39, 0.29) is 5.56 Å². The van der Waals surface area contributed by atoms with Crippen molar-refractivity contribution in [3.8, 4) is 6.07 Å². The first-order valence-electron chi connectivity index (χ1n) is 8.20. The maximum absolute atomic E-state index is 12.9. The van der Waals surface area contributed by atoms with Crippen LogP contribution >= 0.6 is 11.3 Å². The molecule has 0 unspecified atom stereocenters. The molecule has 4 heterocycles. The molecule has 6 heteroatoms. The number of thiophene rings is 1. The van der Waals surface area contributed by atoms with E-state index in [9.17, 15) is 10.1 Å². The van der Waals surface area contributed by atoms with Crippen LogP contribution in [0.15, 0.2) is 10.9 Å². The van der Waals surface area contributed by atoms with Crippen molar-refractivity contribution in [2.45, 2.75) is 33.7 Å². The quantitative estimate of drug-likeness (QED) is 0.674. The van der Waals surface area contributed by atoms with Gasteiger partial charge in [-0.25, -0.2) is 4.98 Å². The first-order valence-corrected chi connectivity index (χ1v) is 9.02. The zero-order valence-corrected chi connectivity index (χ0v) is 15.5. The lowest BCUT2D eigenvalue weighted by Crippen LogP contribution is -2.20. The van der Waals surface area contributed by atoms with Crippen LogP contribution in [0, 0.1) is 32.1 Å². The van der Waals surface area contributed by atoms with Crippen LogP contribution in [0.4, 0.5) is 0 Å². The Morgan fingerprint density at radius 3 is 2.80 bits per heavy atom. The maximum Gasteiger partial charge on any atom is 0.262 e. The van der Waals surface area contributed by atoms with Gasteiger partial charge in [-0.15, -0.1) is 11.3 Å². The lowest BCUT2D eigenvalue weighted by Gasteiger charge is -2.03. The van der Waals surface area contributed by atoms with Gasteiger partial charge in [-0.3, -0.25) is 9.36 Å². The average molecular weight is 350 g/mol. The van der Waals surface area contributed by atoms with Gasteiger partial charge in [0, 0.05) is 24.2 Å². The molecule has 3 aromatic heterocycles. The van der Waals surface area contributed by atoms with E-state index >= 15 is 0 Å². The molecule has 3 aromatic rings. The third-order valence-corrected chi connectivity index (χ3v) is 6.30. The topological polar surface area (TPSA) is 63.6 Å². The van der Waals surface area contributed by atoms with Gasteiger partial charge in [0.15, 0.2) is 0 Å². The van der Waals surface area contributed by atoms with E-state index < -0.39 is 0 Å². The predicted molar refractivity (Wildman–Crippen MR) is 101 cm³/mol. The largest absolute Gasteiger partial charge is 0.339 e. The summed E-state index contributed by atoms with van der Waals surface area (Å²) in [5.74, 6) is 0.764.